The minimum atomic E-state index is -3.13. The van der Waals surface area contributed by atoms with Gasteiger partial charge in [-0.05, 0) is 5.56 Å². The van der Waals surface area contributed by atoms with E-state index in [4.69, 9.17) is 0 Å². The van der Waals surface area contributed by atoms with Gasteiger partial charge in [-0.3, -0.25) is 13.9 Å². The molecule has 1 aromatic rings. The van der Waals surface area contributed by atoms with Crippen molar-refractivity contribution in [2.75, 3.05) is 0 Å². The van der Waals surface area contributed by atoms with E-state index in [9.17, 15) is 13.9 Å². The molecule has 4 nitrogen and oxygen atoms in total. The number of hydrogen-bond donors (Lipinski definition) is 3. The maximum absolute atomic E-state index is 11.0. The van der Waals surface area contributed by atoms with E-state index in [0.29, 0.717) is 5.56 Å². The number of nitrogens with one attached hydrogen (secondary N) is 1. The van der Waals surface area contributed by atoms with Gasteiger partial charge in [-0.2, -0.15) is 0 Å². The molecule has 14 heavy (non-hydrogen) atoms. The highest BCUT2D eigenvalue weighted by Crippen LogP contribution is 2.52. The number of rotatable bonds is 1. The topological polar surface area (TPSA) is 69.6 Å². The summed E-state index contributed by atoms with van der Waals surface area (Å²) < 4.78 is 21.1. The van der Waals surface area contributed by atoms with Gasteiger partial charge < -0.3 is 0 Å². The van der Waals surface area contributed by atoms with Gasteiger partial charge in [0.05, 0.1) is 4.91 Å². The zero-order chi connectivity index (χ0) is 10.2. The Morgan fingerprint density at radius 2 is 1.79 bits per heavy atom. The lowest BCUT2D eigenvalue weighted by molar-refractivity contribution is -0.114. The van der Waals surface area contributed by atoms with Crippen LogP contribution in [0.4, 0.5) is 0 Å². The molecule has 1 aliphatic heterocycles. The summed E-state index contributed by atoms with van der Waals surface area (Å²) in [5.41, 5.74) is 0.644. The van der Waals surface area contributed by atoms with Crippen LogP contribution in [0.25, 0.3) is 4.91 Å². The highest BCUT2D eigenvalue weighted by molar-refractivity contribution is 8.31. The molecular formula is C9H9NO3S. The van der Waals surface area contributed by atoms with Crippen molar-refractivity contribution in [1.29, 1.82) is 0 Å². The van der Waals surface area contributed by atoms with E-state index in [1.165, 1.54) is 6.08 Å². The zero-order valence-corrected chi connectivity index (χ0v) is 7.99. The third kappa shape index (κ3) is 1.52. The first kappa shape index (κ1) is 9.26. The minimum Gasteiger partial charge on any atom is -0.278 e. The van der Waals surface area contributed by atoms with Crippen LogP contribution in [0.5, 0.6) is 0 Å². The summed E-state index contributed by atoms with van der Waals surface area (Å²) in [4.78, 5) is 11.2. The fourth-order valence-electron chi connectivity index (χ4n) is 1.28. The predicted octanol–water partition coefficient (Wildman–Crippen LogP) is 1.82. The van der Waals surface area contributed by atoms with Crippen molar-refractivity contribution in [3.8, 4) is 0 Å². The maximum atomic E-state index is 11.0. The maximum Gasteiger partial charge on any atom is 0.264 e. The standard InChI is InChI=1S/C9H9NO3S/c11-9-6-8(14(12,13)10-9)7-4-2-1-3-5-7/h1-6,12-13H,(H,10,11). The Morgan fingerprint density at radius 3 is 2.29 bits per heavy atom. The van der Waals surface area contributed by atoms with Crippen molar-refractivity contribution in [1.82, 2.24) is 4.72 Å². The normalized spacial score (nSPS) is 21.3. The number of carbonyl (C=O) groups is 1. The monoisotopic (exact) mass is 211 g/mol. The molecular weight excluding hydrogens is 202 g/mol. The summed E-state index contributed by atoms with van der Waals surface area (Å²) >= 11 is 0. The molecule has 3 N–H and O–H groups in total. The second kappa shape index (κ2) is 3.13. The molecule has 1 aromatic carbocycles. The van der Waals surface area contributed by atoms with Crippen molar-refractivity contribution >= 4 is 21.6 Å². The smallest absolute Gasteiger partial charge is 0.264 e. The zero-order valence-electron chi connectivity index (χ0n) is 7.18. The molecule has 0 atom stereocenters. The van der Waals surface area contributed by atoms with Gasteiger partial charge in [0, 0.05) is 6.08 Å². The Morgan fingerprint density at radius 1 is 1.14 bits per heavy atom. The third-order valence-electron chi connectivity index (χ3n) is 1.87. The number of carbonyl (C=O) groups excluding carboxylic acids is 1. The van der Waals surface area contributed by atoms with Crippen molar-refractivity contribution in [3.63, 3.8) is 0 Å². The van der Waals surface area contributed by atoms with Crippen LogP contribution in [0.3, 0.4) is 0 Å². The van der Waals surface area contributed by atoms with Crippen LogP contribution in [0.15, 0.2) is 36.4 Å². The van der Waals surface area contributed by atoms with Crippen LogP contribution in [0.2, 0.25) is 0 Å². The summed E-state index contributed by atoms with van der Waals surface area (Å²) in [5.74, 6) is -0.469. The molecule has 0 unspecified atom stereocenters. The van der Waals surface area contributed by atoms with Gasteiger partial charge in [-0.25, -0.2) is 4.72 Å². The number of benzene rings is 1. The summed E-state index contributed by atoms with van der Waals surface area (Å²) in [7, 11) is -3.13. The Balaban J connectivity index is 2.45. The SMILES string of the molecule is O=C1C=C(c2ccccc2)S(O)(O)N1. The molecule has 0 spiro atoms. The highest BCUT2D eigenvalue weighted by Gasteiger charge is 2.29. The Labute approximate surface area is 82.7 Å². The van der Waals surface area contributed by atoms with Crippen LogP contribution in [0, 0.1) is 0 Å². The minimum absolute atomic E-state index is 0.253. The van der Waals surface area contributed by atoms with Crippen LogP contribution in [-0.4, -0.2) is 15.0 Å². The molecule has 0 saturated carbocycles. The van der Waals surface area contributed by atoms with Gasteiger partial charge in [-0.15, -0.1) is 0 Å². The molecule has 0 fully saturated rings. The van der Waals surface area contributed by atoms with E-state index in [1.54, 1.807) is 24.3 Å². The first-order valence-electron chi connectivity index (χ1n) is 3.97. The van der Waals surface area contributed by atoms with Gasteiger partial charge in [0.25, 0.3) is 5.91 Å². The van der Waals surface area contributed by atoms with Crippen LogP contribution >= 0.6 is 10.8 Å². The van der Waals surface area contributed by atoms with E-state index >= 15 is 0 Å². The van der Waals surface area contributed by atoms with Crippen LogP contribution < -0.4 is 4.72 Å². The van der Waals surface area contributed by atoms with E-state index in [2.05, 4.69) is 4.72 Å². The summed E-state index contributed by atoms with van der Waals surface area (Å²) in [5, 5.41) is 0. The van der Waals surface area contributed by atoms with Gasteiger partial charge in [0.2, 0.25) is 0 Å². The molecule has 0 aliphatic carbocycles. The lowest BCUT2D eigenvalue weighted by Gasteiger charge is -2.29. The molecule has 0 radical (unpaired) electrons. The van der Waals surface area contributed by atoms with Crippen molar-refractivity contribution < 1.29 is 13.9 Å². The van der Waals surface area contributed by atoms with Gasteiger partial charge in [0.1, 0.15) is 0 Å². The van der Waals surface area contributed by atoms with Crippen LogP contribution in [0.1, 0.15) is 5.56 Å². The van der Waals surface area contributed by atoms with Crippen LogP contribution in [-0.2, 0) is 4.79 Å². The third-order valence-corrected chi connectivity index (χ3v) is 3.32. The molecule has 1 amide bonds. The first-order chi connectivity index (χ1) is 6.59. The largest absolute Gasteiger partial charge is 0.278 e. The average Bonchev–Trinajstić information content (AvgIpc) is 2.41. The van der Waals surface area contributed by atoms with Gasteiger partial charge >= 0.3 is 0 Å². The molecule has 2 rings (SSSR count). The number of hydrogen-bond acceptors (Lipinski definition) is 3. The Bertz CT molecular complexity index is 400. The molecule has 5 heteroatoms. The predicted molar refractivity (Wildman–Crippen MR) is 55.4 cm³/mol. The molecule has 1 aliphatic rings. The average molecular weight is 211 g/mol. The molecule has 0 bridgehead atoms. The summed E-state index contributed by atoms with van der Waals surface area (Å²) in [6.07, 6.45) is 1.21. The summed E-state index contributed by atoms with van der Waals surface area (Å²) in [6.45, 7) is 0. The molecule has 0 aromatic heterocycles. The van der Waals surface area contributed by atoms with E-state index in [1.807, 2.05) is 6.07 Å². The first-order valence-corrected chi connectivity index (χ1v) is 5.51. The fraction of sp³-hybridized carbons (Fsp3) is 0. The van der Waals surface area contributed by atoms with Crippen molar-refractivity contribution in [2.24, 2.45) is 0 Å². The number of amides is 1. The van der Waals surface area contributed by atoms with E-state index < -0.39 is 16.7 Å². The Kier molecular flexibility index (Phi) is 2.07. The van der Waals surface area contributed by atoms with Crippen molar-refractivity contribution in [3.05, 3.63) is 42.0 Å². The second-order valence-corrected chi connectivity index (χ2v) is 4.63. The lowest BCUT2D eigenvalue weighted by atomic mass is 10.2. The molecule has 1 heterocycles. The summed E-state index contributed by atoms with van der Waals surface area (Å²) in [6, 6.07) is 8.81. The molecule has 0 saturated heterocycles. The van der Waals surface area contributed by atoms with E-state index in [0.717, 1.165) is 0 Å². The second-order valence-electron chi connectivity index (χ2n) is 2.89. The lowest BCUT2D eigenvalue weighted by Crippen LogP contribution is -2.18. The fourth-order valence-corrected chi connectivity index (χ4v) is 2.46. The quantitative estimate of drug-likeness (QED) is 0.663. The van der Waals surface area contributed by atoms with E-state index in [-0.39, 0.29) is 4.91 Å². The highest BCUT2D eigenvalue weighted by atomic mass is 32.3. The van der Waals surface area contributed by atoms with Gasteiger partial charge in [0.15, 0.2) is 0 Å². The van der Waals surface area contributed by atoms with Gasteiger partial charge in [-0.1, -0.05) is 41.1 Å². The van der Waals surface area contributed by atoms with Crippen molar-refractivity contribution in [2.45, 2.75) is 0 Å². The Hall–Kier alpha value is -1.30. The molecule has 74 valence electrons.